The highest BCUT2D eigenvalue weighted by atomic mass is 32.2. The van der Waals surface area contributed by atoms with E-state index < -0.39 is 0 Å². The van der Waals surface area contributed by atoms with Crippen LogP contribution in [0.2, 0.25) is 0 Å². The van der Waals surface area contributed by atoms with Crippen LogP contribution in [0.25, 0.3) is 0 Å². The Bertz CT molecular complexity index is 153. The summed E-state index contributed by atoms with van der Waals surface area (Å²) in [7, 11) is 0. The fourth-order valence-electron chi connectivity index (χ4n) is 2.68. The Morgan fingerprint density at radius 1 is 1.12 bits per heavy atom. The molecule has 1 N–H and O–H groups in total. The molecule has 1 rings (SSSR count). The number of nitrogens with one attached hydrogen (secondary N) is 1. The molecule has 1 saturated carbocycles. The van der Waals surface area contributed by atoms with Crippen LogP contribution in [-0.4, -0.2) is 24.6 Å². The van der Waals surface area contributed by atoms with E-state index in [-0.39, 0.29) is 0 Å². The van der Waals surface area contributed by atoms with Crippen molar-refractivity contribution < 1.29 is 0 Å². The minimum absolute atomic E-state index is 0.743. The van der Waals surface area contributed by atoms with Crippen LogP contribution in [0, 0.1) is 5.92 Å². The zero-order valence-electron chi connectivity index (χ0n) is 11.1. The summed E-state index contributed by atoms with van der Waals surface area (Å²) in [4.78, 5) is 0. The molecule has 0 aliphatic heterocycles. The third-order valence-corrected chi connectivity index (χ3v) is 4.55. The fraction of sp³-hybridized carbons (Fsp3) is 1.00. The number of unbranched alkanes of at least 4 members (excludes halogenated alkanes) is 1. The molecule has 0 spiro atoms. The minimum atomic E-state index is 0.743. The van der Waals surface area contributed by atoms with Gasteiger partial charge in [0.2, 0.25) is 0 Å². The van der Waals surface area contributed by atoms with Crippen LogP contribution in [0.3, 0.4) is 0 Å². The third-order valence-electron chi connectivity index (χ3n) is 3.85. The van der Waals surface area contributed by atoms with E-state index in [1.54, 1.807) is 0 Å². The van der Waals surface area contributed by atoms with Crippen molar-refractivity contribution in [3.8, 4) is 0 Å². The maximum atomic E-state index is 3.73. The van der Waals surface area contributed by atoms with Crippen molar-refractivity contribution in [2.45, 2.75) is 64.3 Å². The van der Waals surface area contributed by atoms with Gasteiger partial charge in [-0.25, -0.2) is 0 Å². The van der Waals surface area contributed by atoms with Crippen molar-refractivity contribution in [3.05, 3.63) is 0 Å². The van der Waals surface area contributed by atoms with E-state index in [0.717, 1.165) is 12.0 Å². The van der Waals surface area contributed by atoms with Crippen molar-refractivity contribution >= 4 is 11.8 Å². The Balaban J connectivity index is 2.05. The zero-order chi connectivity index (χ0) is 11.6. The molecule has 0 aromatic heterocycles. The van der Waals surface area contributed by atoms with Crippen molar-refractivity contribution in [3.63, 3.8) is 0 Å². The molecule has 1 aliphatic carbocycles. The Labute approximate surface area is 106 Å². The van der Waals surface area contributed by atoms with Gasteiger partial charge in [-0.1, -0.05) is 25.7 Å². The monoisotopic (exact) mass is 243 g/mol. The second-order valence-electron chi connectivity index (χ2n) is 5.19. The lowest BCUT2D eigenvalue weighted by molar-refractivity contribution is 0.337. The standard InChI is InChI=1S/C14H29NS/c1-13(15-11-7-8-12-16-2)14-9-5-3-4-6-10-14/h13-15H,3-12H2,1-2H3/t13-/m1/s1. The summed E-state index contributed by atoms with van der Waals surface area (Å²) in [5.41, 5.74) is 0. The number of hydrogen-bond donors (Lipinski definition) is 1. The van der Waals surface area contributed by atoms with Crippen LogP contribution in [0.5, 0.6) is 0 Å². The Morgan fingerprint density at radius 3 is 2.44 bits per heavy atom. The van der Waals surface area contributed by atoms with Crippen LogP contribution in [0.15, 0.2) is 0 Å². The average molecular weight is 243 g/mol. The topological polar surface area (TPSA) is 12.0 Å². The van der Waals surface area contributed by atoms with Gasteiger partial charge in [0.1, 0.15) is 0 Å². The van der Waals surface area contributed by atoms with E-state index in [1.807, 2.05) is 11.8 Å². The first-order chi connectivity index (χ1) is 7.84. The summed E-state index contributed by atoms with van der Waals surface area (Å²) in [6, 6.07) is 0.743. The van der Waals surface area contributed by atoms with Gasteiger partial charge in [0, 0.05) is 6.04 Å². The van der Waals surface area contributed by atoms with Gasteiger partial charge in [0.05, 0.1) is 0 Å². The molecule has 0 radical (unpaired) electrons. The Morgan fingerprint density at radius 2 is 1.81 bits per heavy atom. The van der Waals surface area contributed by atoms with E-state index >= 15 is 0 Å². The summed E-state index contributed by atoms with van der Waals surface area (Å²) < 4.78 is 0. The molecule has 0 heterocycles. The lowest BCUT2D eigenvalue weighted by atomic mass is 9.93. The van der Waals surface area contributed by atoms with E-state index in [2.05, 4.69) is 18.5 Å². The van der Waals surface area contributed by atoms with Crippen LogP contribution in [-0.2, 0) is 0 Å². The molecule has 1 nitrogen and oxygen atoms in total. The van der Waals surface area contributed by atoms with Gasteiger partial charge in [-0.15, -0.1) is 0 Å². The molecule has 96 valence electrons. The smallest absolute Gasteiger partial charge is 0.00669 e. The lowest BCUT2D eigenvalue weighted by Gasteiger charge is -2.23. The second-order valence-corrected chi connectivity index (χ2v) is 6.18. The first kappa shape index (κ1) is 14.4. The molecule has 1 fully saturated rings. The molecule has 0 saturated heterocycles. The molecule has 0 aromatic rings. The first-order valence-corrected chi connectivity index (χ1v) is 8.46. The molecular weight excluding hydrogens is 214 g/mol. The molecule has 0 bridgehead atoms. The van der Waals surface area contributed by atoms with Crippen LogP contribution < -0.4 is 5.32 Å². The maximum absolute atomic E-state index is 3.73. The van der Waals surface area contributed by atoms with Crippen molar-refractivity contribution in [1.29, 1.82) is 0 Å². The highest BCUT2D eigenvalue weighted by Gasteiger charge is 2.17. The lowest BCUT2D eigenvalue weighted by Crippen LogP contribution is -2.34. The van der Waals surface area contributed by atoms with Gasteiger partial charge in [0.15, 0.2) is 0 Å². The molecule has 1 atom stereocenters. The number of rotatable bonds is 7. The molecule has 16 heavy (non-hydrogen) atoms. The summed E-state index contributed by atoms with van der Waals surface area (Å²) in [5.74, 6) is 2.27. The van der Waals surface area contributed by atoms with Crippen molar-refractivity contribution in [2.75, 3.05) is 18.6 Å². The molecule has 0 amide bonds. The van der Waals surface area contributed by atoms with Gasteiger partial charge in [0.25, 0.3) is 0 Å². The number of thioether (sulfide) groups is 1. The second kappa shape index (κ2) is 9.35. The van der Waals surface area contributed by atoms with Gasteiger partial charge >= 0.3 is 0 Å². The number of hydrogen-bond acceptors (Lipinski definition) is 2. The van der Waals surface area contributed by atoms with Crippen molar-refractivity contribution in [1.82, 2.24) is 5.32 Å². The van der Waals surface area contributed by atoms with Gasteiger partial charge in [-0.3, -0.25) is 0 Å². The predicted molar refractivity (Wildman–Crippen MR) is 76.3 cm³/mol. The van der Waals surface area contributed by atoms with E-state index in [9.17, 15) is 0 Å². The van der Waals surface area contributed by atoms with E-state index in [4.69, 9.17) is 0 Å². The van der Waals surface area contributed by atoms with Crippen LogP contribution in [0.4, 0.5) is 0 Å². The summed E-state index contributed by atoms with van der Waals surface area (Å²) in [6.07, 6.45) is 13.7. The van der Waals surface area contributed by atoms with E-state index in [0.29, 0.717) is 0 Å². The Hall–Kier alpha value is 0.310. The highest BCUT2D eigenvalue weighted by Crippen LogP contribution is 2.25. The van der Waals surface area contributed by atoms with Gasteiger partial charge < -0.3 is 5.32 Å². The fourth-order valence-corrected chi connectivity index (χ4v) is 3.17. The zero-order valence-corrected chi connectivity index (χ0v) is 12.0. The summed E-state index contributed by atoms with van der Waals surface area (Å²) in [6.45, 7) is 3.61. The SMILES string of the molecule is CSCCCCN[C@H](C)C1CCCCCC1. The molecule has 2 heteroatoms. The van der Waals surface area contributed by atoms with Crippen LogP contribution in [0.1, 0.15) is 58.3 Å². The quantitative estimate of drug-likeness (QED) is 0.534. The third kappa shape index (κ3) is 6.15. The summed E-state index contributed by atoms with van der Waals surface area (Å²) in [5, 5.41) is 3.73. The van der Waals surface area contributed by atoms with Gasteiger partial charge in [-0.2, -0.15) is 11.8 Å². The largest absolute Gasteiger partial charge is 0.314 e. The minimum Gasteiger partial charge on any atom is -0.314 e. The molecular formula is C14H29NS. The highest BCUT2D eigenvalue weighted by molar-refractivity contribution is 7.98. The van der Waals surface area contributed by atoms with E-state index in [1.165, 1.54) is 63.7 Å². The maximum Gasteiger partial charge on any atom is 0.00669 e. The van der Waals surface area contributed by atoms with Crippen molar-refractivity contribution in [2.24, 2.45) is 5.92 Å². The molecule has 0 aromatic carbocycles. The van der Waals surface area contributed by atoms with Crippen LogP contribution >= 0.6 is 11.8 Å². The Kier molecular flexibility index (Phi) is 8.40. The molecule has 0 unspecified atom stereocenters. The summed E-state index contributed by atoms with van der Waals surface area (Å²) >= 11 is 1.96. The van der Waals surface area contributed by atoms with Gasteiger partial charge in [-0.05, 0) is 57.1 Å². The predicted octanol–water partition coefficient (Wildman–Crippen LogP) is 4.08. The normalized spacial score (nSPS) is 20.6. The first-order valence-electron chi connectivity index (χ1n) is 7.07. The average Bonchev–Trinajstić information content (AvgIpc) is 2.57. The molecule has 1 aliphatic rings.